The molecule has 0 fully saturated rings. The Morgan fingerprint density at radius 1 is 0.500 bits per heavy atom. The highest BCUT2D eigenvalue weighted by atomic mass is 32.2. The second kappa shape index (κ2) is 16.6. The number of carbonyl (C=O) groups is 2. The maximum absolute atomic E-state index is 14.2. The van der Waals surface area contributed by atoms with E-state index in [4.69, 9.17) is 0 Å². The Balaban J connectivity index is 1.36. The Kier molecular flexibility index (Phi) is 11.4. The van der Waals surface area contributed by atoms with Crippen molar-refractivity contribution in [3.63, 3.8) is 0 Å². The third-order valence-electron chi connectivity index (χ3n) is 12.2. The van der Waals surface area contributed by atoms with Crippen LogP contribution in [0.25, 0.3) is 55.0 Å². The van der Waals surface area contributed by atoms with Crippen LogP contribution in [0.3, 0.4) is 0 Å². The van der Waals surface area contributed by atoms with Crippen molar-refractivity contribution < 1.29 is 66.2 Å². The van der Waals surface area contributed by atoms with E-state index < -0.39 is 87.9 Å². The molecule has 0 radical (unpaired) electrons. The number of fused-ring (bicyclic) bond motifs is 4. The van der Waals surface area contributed by atoms with E-state index in [-0.39, 0.29) is 88.6 Å². The van der Waals surface area contributed by atoms with Gasteiger partial charge in [0.05, 0.1) is 22.5 Å². The van der Waals surface area contributed by atoms with Crippen molar-refractivity contribution in [1.29, 1.82) is 0 Å². The number of benzene rings is 6. The van der Waals surface area contributed by atoms with Crippen LogP contribution in [-0.4, -0.2) is 68.1 Å². The molecular formula is C50H44N2O14S2. The van der Waals surface area contributed by atoms with Crippen LogP contribution in [0.1, 0.15) is 61.1 Å². The Labute approximate surface area is 389 Å². The van der Waals surface area contributed by atoms with E-state index in [0.29, 0.717) is 11.1 Å². The summed E-state index contributed by atoms with van der Waals surface area (Å²) in [5, 5.41) is 76.2. The van der Waals surface area contributed by atoms with Crippen LogP contribution >= 0.6 is 0 Å². The highest BCUT2D eigenvalue weighted by molar-refractivity contribution is 7.86. The van der Waals surface area contributed by atoms with Gasteiger partial charge in [0.1, 0.15) is 32.8 Å². The van der Waals surface area contributed by atoms with E-state index in [2.05, 4.69) is 10.6 Å². The number of aromatic hydroxyl groups is 4. The number of phenolic OH excluding ortho intramolecular Hbond substituents is 4. The van der Waals surface area contributed by atoms with Crippen LogP contribution in [0.15, 0.2) is 107 Å². The van der Waals surface area contributed by atoms with Crippen LogP contribution in [0.5, 0.6) is 23.0 Å². The third-order valence-corrected chi connectivity index (χ3v) is 14.0. The minimum absolute atomic E-state index is 0.00428. The predicted octanol–water partition coefficient (Wildman–Crippen LogP) is 9.51. The first-order chi connectivity index (χ1) is 31.9. The van der Waals surface area contributed by atoms with Crippen LogP contribution in [0.2, 0.25) is 0 Å². The summed E-state index contributed by atoms with van der Waals surface area (Å²) < 4.78 is 68.9. The number of phenols is 4. The first kappa shape index (κ1) is 46.9. The summed E-state index contributed by atoms with van der Waals surface area (Å²) >= 11 is 0. The molecule has 0 heterocycles. The molecule has 10 N–H and O–H groups in total. The zero-order valence-electron chi connectivity index (χ0n) is 37.1. The lowest BCUT2D eigenvalue weighted by Crippen LogP contribution is -2.20. The molecule has 0 bridgehead atoms. The lowest BCUT2D eigenvalue weighted by atomic mass is 9.75. The van der Waals surface area contributed by atoms with E-state index in [9.17, 15) is 66.2 Å². The predicted molar refractivity (Wildman–Crippen MR) is 258 cm³/mol. The second-order valence-corrected chi connectivity index (χ2v) is 19.9. The number of aliphatic hydroxyl groups is 2. The summed E-state index contributed by atoms with van der Waals surface area (Å²) in [6.45, 7) is 10.2. The lowest BCUT2D eigenvalue weighted by molar-refractivity contribution is -0.113. The Hall–Kier alpha value is -7.64. The van der Waals surface area contributed by atoms with Crippen LogP contribution in [0, 0.1) is 25.7 Å². The molecule has 0 saturated carbocycles. The number of rotatable bonds is 9. The van der Waals surface area contributed by atoms with Gasteiger partial charge in [0, 0.05) is 79.5 Å². The zero-order chi connectivity index (χ0) is 49.6. The number of hydrogen-bond acceptors (Lipinski definition) is 14. The Morgan fingerprint density at radius 3 is 1.13 bits per heavy atom. The molecule has 0 spiro atoms. The molecule has 8 rings (SSSR count). The monoisotopic (exact) mass is 960 g/mol. The molecule has 350 valence electrons. The van der Waals surface area contributed by atoms with E-state index in [1.807, 2.05) is 0 Å². The van der Waals surface area contributed by atoms with Gasteiger partial charge in [0.2, 0.25) is 11.6 Å². The second-order valence-electron chi connectivity index (χ2n) is 17.2. The van der Waals surface area contributed by atoms with Crippen molar-refractivity contribution in [3.05, 3.63) is 130 Å². The molecule has 0 atom stereocenters. The average Bonchev–Trinajstić information content (AvgIpc) is 3.25. The normalized spacial score (nSPS) is 15.6. The number of anilines is 2. The molecule has 0 saturated heterocycles. The number of allylic oxidation sites excluding steroid dienone is 4. The van der Waals surface area contributed by atoms with Gasteiger partial charge in [-0.05, 0) is 47.9 Å². The van der Waals surface area contributed by atoms with Gasteiger partial charge in [-0.15, -0.1) is 0 Å². The summed E-state index contributed by atoms with van der Waals surface area (Å²) in [5.41, 5.74) is 0.598. The smallest absolute Gasteiger partial charge is 0.295 e. The fraction of sp³-hybridized carbons (Fsp3) is 0.160. The largest absolute Gasteiger partial charge is 0.507 e. The molecule has 68 heavy (non-hydrogen) atoms. The number of aryl methyl sites for hydroxylation is 2. The van der Waals surface area contributed by atoms with Crippen LogP contribution in [-0.2, 0) is 29.8 Å². The van der Waals surface area contributed by atoms with E-state index in [1.54, 1.807) is 65.8 Å². The molecule has 2 aliphatic rings. The highest BCUT2D eigenvalue weighted by Gasteiger charge is 2.39. The fourth-order valence-electron chi connectivity index (χ4n) is 9.30. The number of hydrogen-bond donors (Lipinski definition) is 10. The number of nitrogens with one attached hydrogen (secondary N) is 2. The lowest BCUT2D eigenvalue weighted by Gasteiger charge is -2.29. The van der Waals surface area contributed by atoms with Gasteiger partial charge in [-0.2, -0.15) is 16.8 Å². The van der Waals surface area contributed by atoms with Crippen molar-refractivity contribution in [2.45, 2.75) is 51.3 Å². The van der Waals surface area contributed by atoms with Gasteiger partial charge in [-0.1, -0.05) is 88.4 Å². The SMILES string of the molecule is Cc1cc2c(c(O)c1-c1c(C)cc3c(c1O)C(=CNc1c(O)cc(S(=O)(=O)O)c4ccccc14)C(=O)C(O)=C3C(C)C)C(=CNc1c(O)cc(S(=O)(=O)O)c3ccccc13)C(=O)C(O)=C2C(C)C. The summed E-state index contributed by atoms with van der Waals surface area (Å²) in [6.07, 6.45) is 2.24. The molecule has 6 aromatic rings. The summed E-state index contributed by atoms with van der Waals surface area (Å²) in [4.78, 5) is 27.3. The molecule has 0 aromatic heterocycles. The van der Waals surface area contributed by atoms with Crippen LogP contribution < -0.4 is 10.6 Å². The zero-order valence-corrected chi connectivity index (χ0v) is 38.7. The minimum atomic E-state index is -4.80. The molecule has 16 nitrogen and oxygen atoms in total. The molecule has 6 aromatic carbocycles. The summed E-state index contributed by atoms with van der Waals surface area (Å²) in [7, 11) is -9.61. The molecule has 0 amide bonds. The first-order valence-electron chi connectivity index (χ1n) is 20.9. The Morgan fingerprint density at radius 2 is 0.824 bits per heavy atom. The highest BCUT2D eigenvalue weighted by Crippen LogP contribution is 2.54. The van der Waals surface area contributed by atoms with Gasteiger partial charge in [-0.25, -0.2) is 0 Å². The standard InChI is InChI=1S/C50H44N2O14S2/c1-21(2)37-29-15-23(5)39(47(57)41(29)31(45(55)49(37)59)19-51-43-27-13-9-7-11-25(27)35(17-33(43)53)67(61,62)63)40-24(6)16-30-38(22(3)4)50(60)46(56)32(42(30)48(40)58)20-52-44-28-14-10-8-12-26(28)36(18-34(44)54)68(64,65)66/h7-22,51-54,57-60H,1-6H3,(H,61,62,63)(H,64,65,66). The molecule has 2 aliphatic carbocycles. The summed E-state index contributed by atoms with van der Waals surface area (Å²) in [5.74, 6) is -6.41. The minimum Gasteiger partial charge on any atom is -0.507 e. The molecule has 18 heteroatoms. The topological polar surface area (TPSA) is 288 Å². The van der Waals surface area contributed by atoms with Crippen molar-refractivity contribution in [3.8, 4) is 34.1 Å². The molecule has 0 unspecified atom stereocenters. The van der Waals surface area contributed by atoms with Gasteiger partial charge in [0.15, 0.2) is 11.5 Å². The fourth-order valence-corrected chi connectivity index (χ4v) is 10.7. The van der Waals surface area contributed by atoms with Gasteiger partial charge < -0.3 is 41.3 Å². The number of Topliss-reactive ketones (excluding diaryl/α,β-unsaturated/α-hetero) is 2. The van der Waals surface area contributed by atoms with Gasteiger partial charge >= 0.3 is 0 Å². The molecular weight excluding hydrogens is 917 g/mol. The van der Waals surface area contributed by atoms with Crippen molar-refractivity contribution in [2.24, 2.45) is 11.8 Å². The van der Waals surface area contributed by atoms with Gasteiger partial charge in [-0.3, -0.25) is 18.7 Å². The number of ketones is 2. The third kappa shape index (κ3) is 7.47. The van der Waals surface area contributed by atoms with E-state index in [0.717, 1.165) is 24.5 Å². The maximum Gasteiger partial charge on any atom is 0.295 e. The maximum atomic E-state index is 14.2. The van der Waals surface area contributed by atoms with Crippen molar-refractivity contribution in [2.75, 3.05) is 10.6 Å². The number of aliphatic hydroxyl groups excluding tert-OH is 2. The van der Waals surface area contributed by atoms with Crippen molar-refractivity contribution >= 4 is 87.0 Å². The molecule has 0 aliphatic heterocycles. The number of carbonyl (C=O) groups excluding carboxylic acids is 2. The van der Waals surface area contributed by atoms with Crippen molar-refractivity contribution in [1.82, 2.24) is 0 Å². The average molecular weight is 961 g/mol. The van der Waals surface area contributed by atoms with E-state index >= 15 is 0 Å². The van der Waals surface area contributed by atoms with E-state index in [1.165, 1.54) is 36.4 Å². The quantitative estimate of drug-likeness (QED) is 0.0367. The van der Waals surface area contributed by atoms with Crippen LogP contribution in [0.4, 0.5) is 11.4 Å². The van der Waals surface area contributed by atoms with Gasteiger partial charge in [0.25, 0.3) is 20.2 Å². The first-order valence-corrected chi connectivity index (χ1v) is 23.8. The Bertz CT molecular complexity index is 3400. The summed E-state index contributed by atoms with van der Waals surface area (Å²) in [6, 6.07) is 16.7.